The first-order valence-corrected chi connectivity index (χ1v) is 7.79. The van der Waals surface area contributed by atoms with E-state index in [1.165, 1.54) is 15.6 Å². The summed E-state index contributed by atoms with van der Waals surface area (Å²) in [4.78, 5) is 4.45. The zero-order chi connectivity index (χ0) is 13.2. The molecule has 0 N–H and O–H groups in total. The summed E-state index contributed by atoms with van der Waals surface area (Å²) >= 11 is 1.46. The summed E-state index contributed by atoms with van der Waals surface area (Å²) in [6, 6.07) is 6.98. The fraction of sp³-hybridized carbons (Fsp3) is 0.250. The molecule has 0 spiro atoms. The van der Waals surface area contributed by atoms with Crippen LogP contribution in [0.4, 0.5) is 0 Å². The fourth-order valence-electron chi connectivity index (χ4n) is 1.64. The van der Waals surface area contributed by atoms with Crippen LogP contribution in [0.1, 0.15) is 11.3 Å². The van der Waals surface area contributed by atoms with Crippen molar-refractivity contribution in [3.05, 3.63) is 46.4 Å². The molecule has 4 nitrogen and oxygen atoms in total. The predicted octanol–water partition coefficient (Wildman–Crippen LogP) is 2.27. The Labute approximate surface area is 111 Å². The van der Waals surface area contributed by atoms with E-state index in [4.69, 9.17) is 0 Å². The maximum absolute atomic E-state index is 12.4. The third-order valence-electron chi connectivity index (χ3n) is 2.65. The van der Waals surface area contributed by atoms with Crippen molar-refractivity contribution >= 4 is 21.4 Å². The van der Waals surface area contributed by atoms with Gasteiger partial charge in [-0.1, -0.05) is 18.2 Å². The molecule has 2 rings (SSSR count). The number of hydrogen-bond donors (Lipinski definition) is 0. The molecule has 0 aliphatic rings. The number of nitrogens with zero attached hydrogens (tertiary/aromatic N) is 2. The number of aromatic nitrogens is 1. The number of rotatable bonds is 4. The van der Waals surface area contributed by atoms with Crippen molar-refractivity contribution in [2.24, 2.45) is 0 Å². The molecule has 0 bridgehead atoms. The van der Waals surface area contributed by atoms with Crippen LogP contribution in [0.15, 0.2) is 40.1 Å². The maximum Gasteiger partial charge on any atom is 0.243 e. The van der Waals surface area contributed by atoms with Gasteiger partial charge < -0.3 is 0 Å². The van der Waals surface area contributed by atoms with E-state index in [1.54, 1.807) is 37.7 Å². The lowest BCUT2D eigenvalue weighted by Gasteiger charge is -2.17. The van der Waals surface area contributed by atoms with Crippen LogP contribution in [0, 0.1) is 6.92 Å². The molecule has 6 heteroatoms. The molecular weight excluding hydrogens is 268 g/mol. The number of thiazole rings is 1. The van der Waals surface area contributed by atoms with E-state index in [0.717, 1.165) is 11.3 Å². The molecule has 0 aliphatic carbocycles. The van der Waals surface area contributed by atoms with E-state index in [-0.39, 0.29) is 0 Å². The van der Waals surface area contributed by atoms with Crippen molar-refractivity contribution in [1.82, 2.24) is 9.29 Å². The summed E-state index contributed by atoms with van der Waals surface area (Å²) in [5.41, 5.74) is 3.21. The third-order valence-corrected chi connectivity index (χ3v) is 5.25. The molecule has 1 heterocycles. The number of sulfonamides is 1. The van der Waals surface area contributed by atoms with Crippen LogP contribution in [-0.4, -0.2) is 24.8 Å². The van der Waals surface area contributed by atoms with Gasteiger partial charge in [0.15, 0.2) is 0 Å². The molecule has 0 amide bonds. The Balaban J connectivity index is 2.29. The molecule has 0 saturated carbocycles. The van der Waals surface area contributed by atoms with Crippen molar-refractivity contribution < 1.29 is 8.42 Å². The lowest BCUT2D eigenvalue weighted by Crippen LogP contribution is -2.27. The quantitative estimate of drug-likeness (QED) is 0.864. The van der Waals surface area contributed by atoms with E-state index < -0.39 is 10.0 Å². The van der Waals surface area contributed by atoms with Crippen molar-refractivity contribution in [2.75, 3.05) is 7.05 Å². The molecular formula is C12H14N2O2S2. The zero-order valence-corrected chi connectivity index (χ0v) is 11.8. The summed E-state index contributed by atoms with van der Waals surface area (Å²) in [6.45, 7) is 2.09. The van der Waals surface area contributed by atoms with Crippen LogP contribution in [-0.2, 0) is 16.6 Å². The topological polar surface area (TPSA) is 50.3 Å². The highest BCUT2D eigenvalue weighted by atomic mass is 32.2. The monoisotopic (exact) mass is 282 g/mol. The Morgan fingerprint density at radius 1 is 1.33 bits per heavy atom. The summed E-state index contributed by atoms with van der Waals surface area (Å²) in [5.74, 6) is 0. The maximum atomic E-state index is 12.4. The minimum absolute atomic E-state index is 0.292. The minimum Gasteiger partial charge on any atom is -0.248 e. The van der Waals surface area contributed by atoms with Crippen LogP contribution < -0.4 is 0 Å². The van der Waals surface area contributed by atoms with Crippen LogP contribution in [0.25, 0.3) is 0 Å². The van der Waals surface area contributed by atoms with Gasteiger partial charge in [-0.3, -0.25) is 0 Å². The first-order chi connectivity index (χ1) is 8.51. The average molecular weight is 282 g/mol. The van der Waals surface area contributed by atoms with Crippen LogP contribution in [0.3, 0.4) is 0 Å². The molecule has 2 aromatic rings. The molecule has 0 atom stereocenters. The Kier molecular flexibility index (Phi) is 3.79. The molecule has 0 aliphatic heterocycles. The second-order valence-electron chi connectivity index (χ2n) is 4.01. The standard InChI is InChI=1S/C12H14N2O2S2/c1-10-5-3-4-6-12(10)18(15,16)14(2)7-11-8-17-9-13-11/h3-6,8-9H,7H2,1-2H3. The van der Waals surface area contributed by atoms with Gasteiger partial charge >= 0.3 is 0 Å². The van der Waals surface area contributed by atoms with Gasteiger partial charge in [-0.2, -0.15) is 4.31 Å². The summed E-state index contributed by atoms with van der Waals surface area (Å²) < 4.78 is 26.1. The normalized spacial score (nSPS) is 11.9. The fourth-order valence-corrected chi connectivity index (χ4v) is 3.56. The van der Waals surface area contributed by atoms with Gasteiger partial charge in [0.1, 0.15) is 0 Å². The van der Waals surface area contributed by atoms with Crippen LogP contribution in [0.5, 0.6) is 0 Å². The van der Waals surface area contributed by atoms with Gasteiger partial charge in [0.05, 0.1) is 22.6 Å². The van der Waals surface area contributed by atoms with Gasteiger partial charge in [-0.15, -0.1) is 11.3 Å². The van der Waals surface area contributed by atoms with E-state index in [2.05, 4.69) is 4.98 Å². The first kappa shape index (κ1) is 13.2. The minimum atomic E-state index is -3.45. The molecule has 0 saturated heterocycles. The molecule has 0 fully saturated rings. The summed E-state index contributed by atoms with van der Waals surface area (Å²) in [7, 11) is -1.88. The Bertz CT molecular complexity index is 621. The second kappa shape index (κ2) is 5.17. The zero-order valence-electron chi connectivity index (χ0n) is 10.2. The highest BCUT2D eigenvalue weighted by Crippen LogP contribution is 2.19. The molecule has 1 aromatic heterocycles. The van der Waals surface area contributed by atoms with Gasteiger partial charge in [-0.05, 0) is 18.6 Å². The largest absolute Gasteiger partial charge is 0.248 e. The first-order valence-electron chi connectivity index (χ1n) is 5.41. The SMILES string of the molecule is Cc1ccccc1S(=O)(=O)N(C)Cc1cscn1. The smallest absolute Gasteiger partial charge is 0.243 e. The summed E-state index contributed by atoms with van der Waals surface area (Å²) in [6.07, 6.45) is 0. The Morgan fingerprint density at radius 2 is 2.06 bits per heavy atom. The van der Waals surface area contributed by atoms with Crippen LogP contribution >= 0.6 is 11.3 Å². The van der Waals surface area contributed by atoms with Crippen molar-refractivity contribution in [2.45, 2.75) is 18.4 Å². The average Bonchev–Trinajstić information content (AvgIpc) is 2.82. The van der Waals surface area contributed by atoms with Crippen molar-refractivity contribution in [3.8, 4) is 0 Å². The lowest BCUT2D eigenvalue weighted by atomic mass is 10.2. The Morgan fingerprint density at radius 3 is 2.67 bits per heavy atom. The molecule has 96 valence electrons. The molecule has 18 heavy (non-hydrogen) atoms. The van der Waals surface area contributed by atoms with Crippen molar-refractivity contribution in [1.29, 1.82) is 0 Å². The molecule has 0 unspecified atom stereocenters. The highest BCUT2D eigenvalue weighted by molar-refractivity contribution is 7.89. The summed E-state index contributed by atoms with van der Waals surface area (Å²) in [5, 5.41) is 1.85. The van der Waals surface area contributed by atoms with E-state index >= 15 is 0 Å². The number of benzene rings is 1. The third kappa shape index (κ3) is 2.60. The van der Waals surface area contributed by atoms with Gasteiger partial charge in [0.25, 0.3) is 0 Å². The molecule has 0 radical (unpaired) electrons. The predicted molar refractivity (Wildman–Crippen MR) is 71.9 cm³/mol. The number of hydrogen-bond acceptors (Lipinski definition) is 4. The molecule has 1 aromatic carbocycles. The van der Waals surface area contributed by atoms with Gasteiger partial charge in [0.2, 0.25) is 10.0 Å². The van der Waals surface area contributed by atoms with Gasteiger partial charge in [-0.25, -0.2) is 13.4 Å². The van der Waals surface area contributed by atoms with Crippen LogP contribution in [0.2, 0.25) is 0 Å². The van der Waals surface area contributed by atoms with E-state index in [9.17, 15) is 8.42 Å². The highest BCUT2D eigenvalue weighted by Gasteiger charge is 2.22. The lowest BCUT2D eigenvalue weighted by molar-refractivity contribution is 0.462. The van der Waals surface area contributed by atoms with Crippen molar-refractivity contribution in [3.63, 3.8) is 0 Å². The van der Waals surface area contributed by atoms with E-state index in [0.29, 0.717) is 11.4 Å². The van der Waals surface area contributed by atoms with Gasteiger partial charge in [0, 0.05) is 12.4 Å². The Hall–Kier alpha value is -1.24. The van der Waals surface area contributed by atoms with E-state index in [1.807, 2.05) is 11.4 Å². The second-order valence-corrected chi connectivity index (χ2v) is 6.74. The number of aryl methyl sites for hydroxylation is 1.